The predicted molar refractivity (Wildman–Crippen MR) is 55.6 cm³/mol. The van der Waals surface area contributed by atoms with Crippen LogP contribution in [0.3, 0.4) is 0 Å². The van der Waals surface area contributed by atoms with Gasteiger partial charge in [0, 0.05) is 0 Å². The van der Waals surface area contributed by atoms with Crippen molar-refractivity contribution < 1.29 is 26.7 Å². The second kappa shape index (κ2) is 5.00. The molecule has 2 aromatic rings. The normalized spacial score (nSPS) is 10.6. The van der Waals surface area contributed by atoms with Gasteiger partial charge in [-0.3, -0.25) is 0 Å². The van der Waals surface area contributed by atoms with Crippen molar-refractivity contribution in [1.82, 2.24) is 4.98 Å². The molecule has 0 aliphatic heterocycles. The number of ether oxygens (including phenoxy) is 1. The highest BCUT2D eigenvalue weighted by Gasteiger charge is 2.23. The summed E-state index contributed by atoms with van der Waals surface area (Å²) in [5, 5.41) is -0.323. The molecule has 0 atom stereocenters. The van der Waals surface area contributed by atoms with Crippen LogP contribution in [-0.2, 0) is 0 Å². The average molecular weight is 296 g/mol. The number of hydrogen-bond donors (Lipinski definition) is 0. The van der Waals surface area contributed by atoms with Crippen LogP contribution < -0.4 is 4.74 Å². The largest absolute Gasteiger partial charge is 0.449 e. The third-order valence-corrected chi connectivity index (χ3v) is 2.36. The fourth-order valence-corrected chi connectivity index (χ4v) is 1.43. The molecule has 0 amide bonds. The summed E-state index contributed by atoms with van der Waals surface area (Å²) in [5.41, 5.74) is 0. The van der Waals surface area contributed by atoms with E-state index in [1.807, 2.05) is 0 Å². The fourth-order valence-electron chi connectivity index (χ4n) is 1.23. The lowest BCUT2D eigenvalue weighted by Crippen LogP contribution is -2.03. The molecule has 2 rings (SSSR count). The molecule has 1 aromatic carbocycles. The van der Waals surface area contributed by atoms with Crippen LogP contribution >= 0.6 is 11.6 Å². The van der Waals surface area contributed by atoms with Crippen LogP contribution in [0.1, 0.15) is 0 Å². The average Bonchev–Trinajstić information content (AvgIpc) is 2.34. The lowest BCUT2D eigenvalue weighted by molar-refractivity contribution is 0.343. The molecule has 0 saturated heterocycles. The van der Waals surface area contributed by atoms with Crippen LogP contribution in [-0.4, -0.2) is 4.98 Å². The highest BCUT2D eigenvalue weighted by molar-refractivity contribution is 6.32. The summed E-state index contributed by atoms with van der Waals surface area (Å²) in [6.07, 6.45) is 0. The Kier molecular flexibility index (Phi) is 3.57. The van der Waals surface area contributed by atoms with Crippen molar-refractivity contribution in [2.45, 2.75) is 0 Å². The maximum Gasteiger partial charge on any atom is 0.255 e. The van der Waals surface area contributed by atoms with Crippen LogP contribution in [0.5, 0.6) is 11.5 Å². The lowest BCUT2D eigenvalue weighted by Gasteiger charge is -2.09. The van der Waals surface area contributed by atoms with Gasteiger partial charge in [-0.05, 0) is 18.2 Å². The first kappa shape index (κ1) is 13.5. The van der Waals surface area contributed by atoms with E-state index in [2.05, 4.69) is 9.72 Å². The summed E-state index contributed by atoms with van der Waals surface area (Å²) in [5.74, 6) is -9.81. The Morgan fingerprint density at radius 3 is 2.05 bits per heavy atom. The lowest BCUT2D eigenvalue weighted by atomic mass is 10.3. The van der Waals surface area contributed by atoms with Crippen molar-refractivity contribution in [2.24, 2.45) is 0 Å². The summed E-state index contributed by atoms with van der Waals surface area (Å²) in [7, 11) is 0. The molecule has 0 N–H and O–H groups in total. The molecule has 0 aliphatic rings. The zero-order valence-corrected chi connectivity index (χ0v) is 9.61. The van der Waals surface area contributed by atoms with Crippen LogP contribution in [0, 0.1) is 29.3 Å². The zero-order valence-electron chi connectivity index (χ0n) is 8.86. The van der Waals surface area contributed by atoms with Gasteiger partial charge in [-0.15, -0.1) is 0 Å². The number of benzene rings is 1. The predicted octanol–water partition coefficient (Wildman–Crippen LogP) is 4.22. The van der Waals surface area contributed by atoms with Gasteiger partial charge in [-0.25, -0.2) is 4.39 Å². The molecule has 8 heteroatoms. The molecule has 0 aliphatic carbocycles. The SMILES string of the molecule is Fc1ccc(Oc2c(F)c(F)nc(F)c2F)c(Cl)c1. The minimum atomic E-state index is -1.87. The Hall–Kier alpha value is -1.89. The molecular weight excluding hydrogens is 293 g/mol. The summed E-state index contributed by atoms with van der Waals surface area (Å²) < 4.78 is 69.5. The van der Waals surface area contributed by atoms with Crippen molar-refractivity contribution in [3.8, 4) is 11.5 Å². The zero-order chi connectivity index (χ0) is 14.2. The van der Waals surface area contributed by atoms with E-state index in [0.29, 0.717) is 0 Å². The molecule has 0 fully saturated rings. The van der Waals surface area contributed by atoms with Gasteiger partial charge in [0.05, 0.1) is 5.02 Å². The van der Waals surface area contributed by atoms with Gasteiger partial charge < -0.3 is 4.74 Å². The standard InChI is InChI=1S/C11H3ClF5NO/c12-5-3-4(13)1-2-6(5)19-9-7(14)10(16)18-11(17)8(9)15/h1-3H. The number of nitrogens with zero attached hydrogens (tertiary/aromatic N) is 1. The van der Waals surface area contributed by atoms with E-state index in [9.17, 15) is 22.0 Å². The van der Waals surface area contributed by atoms with Gasteiger partial charge >= 0.3 is 0 Å². The van der Waals surface area contributed by atoms with E-state index in [0.717, 1.165) is 18.2 Å². The van der Waals surface area contributed by atoms with Crippen molar-refractivity contribution in [3.05, 3.63) is 52.6 Å². The van der Waals surface area contributed by atoms with Gasteiger partial charge in [-0.2, -0.15) is 22.5 Å². The molecule has 0 radical (unpaired) electrons. The van der Waals surface area contributed by atoms with E-state index in [-0.39, 0.29) is 10.8 Å². The van der Waals surface area contributed by atoms with Crippen molar-refractivity contribution in [2.75, 3.05) is 0 Å². The number of halogens is 6. The van der Waals surface area contributed by atoms with Crippen molar-refractivity contribution >= 4 is 11.6 Å². The van der Waals surface area contributed by atoms with Gasteiger partial charge in [0.2, 0.25) is 17.4 Å². The van der Waals surface area contributed by atoms with Crippen LogP contribution in [0.4, 0.5) is 22.0 Å². The summed E-state index contributed by atoms with van der Waals surface area (Å²) in [6, 6.07) is 2.65. The third kappa shape index (κ3) is 2.60. The van der Waals surface area contributed by atoms with Gasteiger partial charge in [0.15, 0.2) is 0 Å². The Morgan fingerprint density at radius 2 is 1.53 bits per heavy atom. The van der Waals surface area contributed by atoms with E-state index < -0.39 is 35.1 Å². The Balaban J connectivity index is 2.49. The van der Waals surface area contributed by atoms with E-state index in [1.54, 1.807) is 0 Å². The summed E-state index contributed by atoms with van der Waals surface area (Å²) in [4.78, 5) is 2.36. The molecule has 19 heavy (non-hydrogen) atoms. The van der Waals surface area contributed by atoms with E-state index >= 15 is 0 Å². The van der Waals surface area contributed by atoms with E-state index in [4.69, 9.17) is 11.6 Å². The molecule has 0 bridgehead atoms. The van der Waals surface area contributed by atoms with Crippen LogP contribution in [0.15, 0.2) is 18.2 Å². The molecular formula is C11H3ClF5NO. The molecule has 0 unspecified atom stereocenters. The summed E-state index contributed by atoms with van der Waals surface area (Å²) in [6.45, 7) is 0. The maximum atomic E-state index is 13.3. The molecule has 1 aromatic heterocycles. The Labute approximate surface area is 108 Å². The molecule has 1 heterocycles. The monoisotopic (exact) mass is 295 g/mol. The number of rotatable bonds is 2. The highest BCUT2D eigenvalue weighted by atomic mass is 35.5. The number of hydrogen-bond acceptors (Lipinski definition) is 2. The molecule has 100 valence electrons. The minimum Gasteiger partial charge on any atom is -0.449 e. The van der Waals surface area contributed by atoms with E-state index in [1.165, 1.54) is 0 Å². The van der Waals surface area contributed by atoms with Crippen molar-refractivity contribution in [3.63, 3.8) is 0 Å². The Bertz CT molecular complexity index is 623. The van der Waals surface area contributed by atoms with Crippen LogP contribution in [0.25, 0.3) is 0 Å². The minimum absolute atomic E-state index is 0.323. The summed E-state index contributed by atoms with van der Waals surface area (Å²) >= 11 is 5.55. The van der Waals surface area contributed by atoms with Gasteiger partial charge in [-0.1, -0.05) is 11.6 Å². The smallest absolute Gasteiger partial charge is 0.255 e. The number of pyridine rings is 1. The Morgan fingerprint density at radius 1 is 0.947 bits per heavy atom. The highest BCUT2D eigenvalue weighted by Crippen LogP contribution is 2.33. The second-order valence-corrected chi connectivity index (χ2v) is 3.73. The first-order valence-corrected chi connectivity index (χ1v) is 5.11. The fraction of sp³-hybridized carbons (Fsp3) is 0. The number of aromatic nitrogens is 1. The molecule has 0 saturated carbocycles. The maximum absolute atomic E-state index is 13.3. The van der Waals surface area contributed by atoms with Crippen molar-refractivity contribution in [1.29, 1.82) is 0 Å². The van der Waals surface area contributed by atoms with Gasteiger partial charge in [0.25, 0.3) is 11.9 Å². The first-order chi connectivity index (χ1) is 8.90. The quantitative estimate of drug-likeness (QED) is 0.611. The third-order valence-electron chi connectivity index (χ3n) is 2.06. The first-order valence-electron chi connectivity index (χ1n) is 4.73. The van der Waals surface area contributed by atoms with Crippen LogP contribution in [0.2, 0.25) is 5.02 Å². The van der Waals surface area contributed by atoms with Gasteiger partial charge in [0.1, 0.15) is 11.6 Å². The molecule has 0 spiro atoms. The molecule has 2 nitrogen and oxygen atoms in total. The second-order valence-electron chi connectivity index (χ2n) is 3.33. The topological polar surface area (TPSA) is 22.1 Å².